The van der Waals surface area contributed by atoms with E-state index in [4.69, 9.17) is 4.74 Å². The van der Waals surface area contributed by atoms with Gasteiger partial charge in [-0.1, -0.05) is 6.07 Å². The summed E-state index contributed by atoms with van der Waals surface area (Å²) < 4.78 is 30.1. The van der Waals surface area contributed by atoms with E-state index in [1.165, 1.54) is 18.3 Å². The molecule has 0 bridgehead atoms. The maximum atomic E-state index is 12.4. The molecule has 1 fully saturated rings. The van der Waals surface area contributed by atoms with Gasteiger partial charge in [0.05, 0.1) is 36.0 Å². The molecule has 12 heteroatoms. The number of rotatable bonds is 8. The van der Waals surface area contributed by atoms with Crippen LogP contribution in [-0.2, 0) is 21.2 Å². The Kier molecular flexibility index (Phi) is 7.38. The Balaban J connectivity index is 1.67. The Morgan fingerprint density at radius 1 is 1.17 bits per heavy atom. The smallest absolute Gasteiger partial charge is 0.335 e. The van der Waals surface area contributed by atoms with E-state index in [0.717, 1.165) is 11.9 Å². The SMILES string of the molecule is CN(c1ccnc(Nc2cc(C(=O)O)cc(N3CCOCC3)c2)n1)c1cc(CO)ccc1S(C)(=O)=O. The number of aliphatic hydroxyl groups is 1. The van der Waals surface area contributed by atoms with Gasteiger partial charge in [-0.25, -0.2) is 18.2 Å². The first-order chi connectivity index (χ1) is 17.2. The lowest BCUT2D eigenvalue weighted by Crippen LogP contribution is -2.36. The van der Waals surface area contributed by atoms with Crippen molar-refractivity contribution in [3.05, 3.63) is 59.8 Å². The third-order valence-electron chi connectivity index (χ3n) is 5.75. The second-order valence-corrected chi connectivity index (χ2v) is 10.3. The molecular formula is C24H27N5O6S. The van der Waals surface area contributed by atoms with Crippen molar-refractivity contribution >= 4 is 44.6 Å². The maximum Gasteiger partial charge on any atom is 0.335 e. The monoisotopic (exact) mass is 513 g/mol. The fourth-order valence-corrected chi connectivity index (χ4v) is 4.79. The molecule has 11 nitrogen and oxygen atoms in total. The van der Waals surface area contributed by atoms with Crippen LogP contribution in [0.2, 0.25) is 0 Å². The third-order valence-corrected chi connectivity index (χ3v) is 6.89. The number of aromatic carboxylic acids is 1. The zero-order valence-electron chi connectivity index (χ0n) is 19.9. The molecular weight excluding hydrogens is 486 g/mol. The van der Waals surface area contributed by atoms with Crippen LogP contribution < -0.4 is 15.1 Å². The van der Waals surface area contributed by atoms with Crippen LogP contribution in [0.5, 0.6) is 0 Å². The summed E-state index contributed by atoms with van der Waals surface area (Å²) in [6.07, 6.45) is 2.63. The van der Waals surface area contributed by atoms with Crippen molar-refractivity contribution in [3.63, 3.8) is 0 Å². The first kappa shape index (κ1) is 25.4. The number of ether oxygens (including phenoxy) is 1. The van der Waals surface area contributed by atoms with Gasteiger partial charge in [-0.15, -0.1) is 0 Å². The average Bonchev–Trinajstić information content (AvgIpc) is 2.87. The standard InChI is InChI=1S/C24H27N5O6S/c1-28(20-11-16(15-30)3-4-21(20)36(2,33)34)22-5-6-25-24(27-22)26-18-12-17(23(31)32)13-19(14-18)29-7-9-35-10-8-29/h3-6,11-14,30H,7-10,15H2,1-2H3,(H,31,32)(H,25,26,27). The van der Waals surface area contributed by atoms with Crippen LogP contribution in [0, 0.1) is 0 Å². The Morgan fingerprint density at radius 3 is 2.58 bits per heavy atom. The minimum absolute atomic E-state index is 0.0969. The molecule has 3 N–H and O–H groups in total. The predicted octanol–water partition coefficient (Wildman–Crippen LogP) is 2.42. The molecule has 0 amide bonds. The molecule has 2 aromatic carbocycles. The molecule has 36 heavy (non-hydrogen) atoms. The zero-order chi connectivity index (χ0) is 25.9. The van der Waals surface area contributed by atoms with Gasteiger partial charge in [0.15, 0.2) is 9.84 Å². The van der Waals surface area contributed by atoms with Crippen LogP contribution in [0.15, 0.2) is 53.6 Å². The average molecular weight is 514 g/mol. The van der Waals surface area contributed by atoms with Crippen molar-refractivity contribution in [2.45, 2.75) is 11.5 Å². The number of carbonyl (C=O) groups is 1. The number of aromatic nitrogens is 2. The van der Waals surface area contributed by atoms with E-state index < -0.39 is 15.8 Å². The van der Waals surface area contributed by atoms with E-state index in [2.05, 4.69) is 15.3 Å². The highest BCUT2D eigenvalue weighted by atomic mass is 32.2. The van der Waals surface area contributed by atoms with E-state index in [9.17, 15) is 23.4 Å². The van der Waals surface area contributed by atoms with E-state index in [0.29, 0.717) is 49.1 Å². The lowest BCUT2D eigenvalue weighted by molar-refractivity contribution is 0.0697. The number of anilines is 5. The number of aliphatic hydroxyl groups excluding tert-OH is 1. The fraction of sp³-hybridized carbons (Fsp3) is 0.292. The quantitative estimate of drug-likeness (QED) is 0.408. The van der Waals surface area contributed by atoms with Gasteiger partial charge in [0, 0.05) is 44.0 Å². The van der Waals surface area contributed by atoms with Gasteiger partial charge in [-0.2, -0.15) is 4.98 Å². The van der Waals surface area contributed by atoms with Gasteiger partial charge >= 0.3 is 5.97 Å². The number of benzene rings is 2. The second-order valence-electron chi connectivity index (χ2n) is 8.33. The molecule has 0 unspecified atom stereocenters. The molecule has 4 rings (SSSR count). The third kappa shape index (κ3) is 5.73. The molecule has 0 spiro atoms. The van der Waals surface area contributed by atoms with Crippen molar-refractivity contribution in [1.29, 1.82) is 0 Å². The van der Waals surface area contributed by atoms with Crippen molar-refractivity contribution in [2.24, 2.45) is 0 Å². The van der Waals surface area contributed by atoms with Crippen LogP contribution in [0.4, 0.5) is 28.8 Å². The highest BCUT2D eigenvalue weighted by molar-refractivity contribution is 7.90. The summed E-state index contributed by atoms with van der Waals surface area (Å²) in [6, 6.07) is 11.2. The number of carboxylic acids is 1. The molecule has 0 aliphatic carbocycles. The summed E-state index contributed by atoms with van der Waals surface area (Å²) in [5.74, 6) is -0.455. The van der Waals surface area contributed by atoms with Crippen LogP contribution >= 0.6 is 0 Å². The van der Waals surface area contributed by atoms with Crippen LogP contribution in [0.1, 0.15) is 15.9 Å². The number of sulfone groups is 1. The molecule has 2 heterocycles. The Labute approximate surface area is 208 Å². The molecule has 1 saturated heterocycles. The normalized spacial score (nSPS) is 13.9. The summed E-state index contributed by atoms with van der Waals surface area (Å²) in [5.41, 5.74) is 2.27. The predicted molar refractivity (Wildman–Crippen MR) is 135 cm³/mol. The van der Waals surface area contributed by atoms with E-state index in [-0.39, 0.29) is 23.0 Å². The van der Waals surface area contributed by atoms with Crippen LogP contribution in [0.3, 0.4) is 0 Å². The van der Waals surface area contributed by atoms with E-state index >= 15 is 0 Å². The summed E-state index contributed by atoms with van der Waals surface area (Å²) in [7, 11) is -1.88. The maximum absolute atomic E-state index is 12.4. The van der Waals surface area contributed by atoms with E-state index in [1.54, 1.807) is 36.2 Å². The Hall–Kier alpha value is -3.74. The second kappa shape index (κ2) is 10.5. The van der Waals surface area contributed by atoms with Crippen LogP contribution in [0.25, 0.3) is 0 Å². The molecule has 3 aromatic rings. The Morgan fingerprint density at radius 2 is 1.92 bits per heavy atom. The fourth-order valence-electron chi connectivity index (χ4n) is 3.90. The number of nitrogens with zero attached hydrogens (tertiary/aromatic N) is 4. The van der Waals surface area contributed by atoms with Crippen LogP contribution in [-0.4, -0.2) is 74.2 Å². The summed E-state index contributed by atoms with van der Waals surface area (Å²) in [5, 5.41) is 22.2. The van der Waals surface area contributed by atoms with E-state index in [1.807, 2.05) is 11.0 Å². The van der Waals surface area contributed by atoms with Gasteiger partial charge in [0.25, 0.3) is 0 Å². The lowest BCUT2D eigenvalue weighted by atomic mass is 10.1. The number of carboxylic acid groups (broad SMARTS) is 1. The van der Waals surface area contributed by atoms with Gasteiger partial charge in [0.1, 0.15) is 5.82 Å². The highest BCUT2D eigenvalue weighted by Gasteiger charge is 2.20. The molecule has 1 aliphatic rings. The topological polar surface area (TPSA) is 145 Å². The number of hydrogen-bond donors (Lipinski definition) is 3. The molecule has 190 valence electrons. The van der Waals surface area contributed by atoms with Crippen molar-refractivity contribution in [3.8, 4) is 0 Å². The van der Waals surface area contributed by atoms with Gasteiger partial charge in [0.2, 0.25) is 5.95 Å². The molecule has 0 radical (unpaired) electrons. The van der Waals surface area contributed by atoms with Gasteiger partial charge in [-0.3, -0.25) is 0 Å². The number of hydrogen-bond acceptors (Lipinski definition) is 10. The van der Waals surface area contributed by atoms with Gasteiger partial charge in [-0.05, 0) is 42.0 Å². The zero-order valence-corrected chi connectivity index (χ0v) is 20.7. The summed E-state index contributed by atoms with van der Waals surface area (Å²) in [4.78, 5) is 24.2. The molecule has 0 atom stereocenters. The first-order valence-electron chi connectivity index (χ1n) is 11.1. The van der Waals surface area contributed by atoms with Crippen molar-refractivity contribution < 1.29 is 28.2 Å². The van der Waals surface area contributed by atoms with Crippen molar-refractivity contribution in [1.82, 2.24) is 9.97 Å². The first-order valence-corrected chi connectivity index (χ1v) is 13.0. The van der Waals surface area contributed by atoms with Crippen molar-refractivity contribution in [2.75, 3.05) is 54.7 Å². The number of nitrogens with one attached hydrogen (secondary N) is 1. The number of morpholine rings is 1. The highest BCUT2D eigenvalue weighted by Crippen LogP contribution is 2.31. The molecule has 1 aromatic heterocycles. The summed E-state index contributed by atoms with van der Waals surface area (Å²) >= 11 is 0. The largest absolute Gasteiger partial charge is 0.478 e. The minimum Gasteiger partial charge on any atom is -0.478 e. The minimum atomic E-state index is -3.55. The Bertz CT molecular complexity index is 1380. The lowest BCUT2D eigenvalue weighted by Gasteiger charge is -2.29. The molecule has 1 aliphatic heterocycles. The van der Waals surface area contributed by atoms with Gasteiger partial charge < -0.3 is 30.1 Å². The summed E-state index contributed by atoms with van der Waals surface area (Å²) in [6.45, 7) is 2.17. The molecule has 0 saturated carbocycles.